The highest BCUT2D eigenvalue weighted by atomic mass is 16.5. The van der Waals surface area contributed by atoms with Crippen LogP contribution < -0.4 is 20.3 Å². The Morgan fingerprint density at radius 3 is 2.52 bits per heavy atom. The van der Waals surface area contributed by atoms with Gasteiger partial charge in [-0.05, 0) is 37.5 Å². The van der Waals surface area contributed by atoms with E-state index in [9.17, 15) is 14.4 Å². The van der Waals surface area contributed by atoms with Gasteiger partial charge in [-0.2, -0.15) is 0 Å². The lowest BCUT2D eigenvalue weighted by molar-refractivity contribution is -0.144. The molecule has 0 radical (unpaired) electrons. The number of carbonyl (C=O) groups excluding carboxylic acids is 3. The number of rotatable bonds is 6. The molecule has 8 heteroatoms. The molecule has 1 saturated heterocycles. The third-order valence-electron chi connectivity index (χ3n) is 4.64. The van der Waals surface area contributed by atoms with Gasteiger partial charge in [-0.1, -0.05) is 27.7 Å². The Kier molecular flexibility index (Phi) is 7.47. The van der Waals surface area contributed by atoms with Crippen molar-refractivity contribution in [1.82, 2.24) is 15.8 Å². The maximum Gasteiger partial charge on any atom is 0.269 e. The number of hydrazine groups is 1. The highest BCUT2D eigenvalue weighted by molar-refractivity contribution is 5.97. The van der Waals surface area contributed by atoms with Crippen LogP contribution in [-0.2, 0) is 9.59 Å². The number of benzene rings is 1. The molecule has 2 rings (SSSR count). The zero-order valence-corrected chi connectivity index (χ0v) is 17.8. The van der Waals surface area contributed by atoms with Gasteiger partial charge in [0.2, 0.25) is 5.91 Å². The van der Waals surface area contributed by atoms with Crippen molar-refractivity contribution in [3.63, 3.8) is 0 Å². The molecule has 0 saturated carbocycles. The number of nitrogens with one attached hydrogen (secondary N) is 2. The number of ether oxygens (including phenoxy) is 2. The van der Waals surface area contributed by atoms with Crippen molar-refractivity contribution >= 4 is 17.7 Å². The molecule has 0 spiro atoms. The highest BCUT2D eigenvalue weighted by Crippen LogP contribution is 2.28. The third-order valence-corrected chi connectivity index (χ3v) is 4.64. The first-order valence-electron chi connectivity index (χ1n) is 9.91. The first-order valence-corrected chi connectivity index (χ1v) is 9.91. The van der Waals surface area contributed by atoms with E-state index in [0.717, 1.165) is 12.8 Å². The fourth-order valence-corrected chi connectivity index (χ4v) is 3.13. The van der Waals surface area contributed by atoms with E-state index in [0.29, 0.717) is 36.6 Å². The number of carbonyl (C=O) groups is 3. The standard InChI is InChI=1S/C21H31N3O5/c1-6-12-29-16-10-9-14(13-17(16)28-5)18(25)22-23-19(26)15-8-7-11-24(15)20(27)21(2,3)4/h9-10,13,15H,6-8,11-12H2,1-5H3,(H,22,25)(H,23,26). The maximum atomic E-state index is 12.6. The molecule has 160 valence electrons. The molecule has 0 aliphatic carbocycles. The van der Waals surface area contributed by atoms with Crippen LogP contribution in [0.1, 0.15) is 57.3 Å². The number of hydrogen-bond acceptors (Lipinski definition) is 5. The monoisotopic (exact) mass is 405 g/mol. The second-order valence-electron chi connectivity index (χ2n) is 8.06. The Labute approximate surface area is 171 Å². The lowest BCUT2D eigenvalue weighted by Gasteiger charge is -2.30. The van der Waals surface area contributed by atoms with Crippen molar-refractivity contribution in [2.75, 3.05) is 20.3 Å². The Bertz CT molecular complexity index is 757. The van der Waals surface area contributed by atoms with E-state index in [1.54, 1.807) is 23.1 Å². The number of hydrogen-bond donors (Lipinski definition) is 2. The van der Waals surface area contributed by atoms with Crippen molar-refractivity contribution in [3.8, 4) is 11.5 Å². The molecule has 3 amide bonds. The van der Waals surface area contributed by atoms with E-state index in [1.807, 2.05) is 27.7 Å². The zero-order valence-electron chi connectivity index (χ0n) is 17.8. The van der Waals surface area contributed by atoms with Crippen molar-refractivity contribution in [1.29, 1.82) is 0 Å². The van der Waals surface area contributed by atoms with Crippen LogP contribution >= 0.6 is 0 Å². The van der Waals surface area contributed by atoms with Crippen LogP contribution in [0.4, 0.5) is 0 Å². The number of amides is 3. The van der Waals surface area contributed by atoms with E-state index in [1.165, 1.54) is 7.11 Å². The molecule has 8 nitrogen and oxygen atoms in total. The number of likely N-dealkylation sites (tertiary alicyclic amines) is 1. The van der Waals surface area contributed by atoms with Crippen molar-refractivity contribution in [3.05, 3.63) is 23.8 Å². The Balaban J connectivity index is 1.99. The average molecular weight is 405 g/mol. The van der Waals surface area contributed by atoms with Crippen LogP contribution in [-0.4, -0.2) is 48.9 Å². The summed E-state index contributed by atoms with van der Waals surface area (Å²) in [6, 6.07) is 4.23. The Hall–Kier alpha value is -2.77. The van der Waals surface area contributed by atoms with Crippen LogP contribution in [0.3, 0.4) is 0 Å². The van der Waals surface area contributed by atoms with Gasteiger partial charge in [-0.15, -0.1) is 0 Å². The molecule has 1 aliphatic heterocycles. The molecule has 1 fully saturated rings. The first-order chi connectivity index (χ1) is 13.7. The SMILES string of the molecule is CCCOc1ccc(C(=O)NNC(=O)C2CCCN2C(=O)C(C)(C)C)cc1OC. The molecule has 1 aromatic rings. The van der Waals surface area contributed by atoms with Crippen LogP contribution in [0.5, 0.6) is 11.5 Å². The van der Waals surface area contributed by atoms with Gasteiger partial charge in [0.15, 0.2) is 11.5 Å². The fraction of sp³-hybridized carbons (Fsp3) is 0.571. The van der Waals surface area contributed by atoms with Crippen LogP contribution in [0, 0.1) is 5.41 Å². The third kappa shape index (κ3) is 5.62. The lowest BCUT2D eigenvalue weighted by Crippen LogP contribution is -2.53. The molecule has 1 aliphatic rings. The Morgan fingerprint density at radius 1 is 1.17 bits per heavy atom. The Morgan fingerprint density at radius 2 is 1.90 bits per heavy atom. The minimum absolute atomic E-state index is 0.0751. The van der Waals surface area contributed by atoms with Gasteiger partial charge >= 0.3 is 0 Å². The molecular formula is C21H31N3O5. The minimum atomic E-state index is -0.582. The first kappa shape index (κ1) is 22.5. The predicted octanol–water partition coefficient (Wildman–Crippen LogP) is 2.28. The fourth-order valence-electron chi connectivity index (χ4n) is 3.13. The topological polar surface area (TPSA) is 97.0 Å². The predicted molar refractivity (Wildman–Crippen MR) is 109 cm³/mol. The molecule has 2 N–H and O–H groups in total. The summed E-state index contributed by atoms with van der Waals surface area (Å²) in [7, 11) is 1.50. The van der Waals surface area contributed by atoms with Gasteiger partial charge in [0, 0.05) is 17.5 Å². The van der Waals surface area contributed by atoms with Gasteiger partial charge in [-0.3, -0.25) is 25.2 Å². The summed E-state index contributed by atoms with van der Waals surface area (Å²) in [5.41, 5.74) is 4.61. The molecule has 1 heterocycles. The van der Waals surface area contributed by atoms with Crippen LogP contribution in [0.2, 0.25) is 0 Å². The quantitative estimate of drug-likeness (QED) is 0.708. The van der Waals surface area contributed by atoms with E-state index in [-0.39, 0.29) is 5.91 Å². The van der Waals surface area contributed by atoms with Crippen molar-refractivity contribution in [2.45, 2.75) is 53.0 Å². The summed E-state index contributed by atoms with van der Waals surface area (Å²) in [6.07, 6.45) is 2.18. The van der Waals surface area contributed by atoms with Gasteiger partial charge < -0.3 is 14.4 Å². The lowest BCUT2D eigenvalue weighted by atomic mass is 9.94. The van der Waals surface area contributed by atoms with Crippen molar-refractivity contribution in [2.24, 2.45) is 5.41 Å². The van der Waals surface area contributed by atoms with E-state index in [4.69, 9.17) is 9.47 Å². The summed E-state index contributed by atoms with van der Waals surface area (Å²) < 4.78 is 10.9. The second-order valence-corrected chi connectivity index (χ2v) is 8.06. The summed E-state index contributed by atoms with van der Waals surface area (Å²) in [5.74, 6) is 0.0370. The molecule has 1 aromatic carbocycles. The molecule has 1 unspecified atom stereocenters. The largest absolute Gasteiger partial charge is 0.493 e. The summed E-state index contributed by atoms with van der Waals surface area (Å²) in [5, 5.41) is 0. The van der Waals surface area contributed by atoms with Gasteiger partial charge in [0.05, 0.1) is 13.7 Å². The van der Waals surface area contributed by atoms with Gasteiger partial charge in [0.1, 0.15) is 6.04 Å². The number of nitrogens with zero attached hydrogens (tertiary/aromatic N) is 1. The van der Waals surface area contributed by atoms with Crippen LogP contribution in [0.15, 0.2) is 18.2 Å². The van der Waals surface area contributed by atoms with Crippen molar-refractivity contribution < 1.29 is 23.9 Å². The van der Waals surface area contributed by atoms with Gasteiger partial charge in [0.25, 0.3) is 11.8 Å². The smallest absolute Gasteiger partial charge is 0.269 e. The van der Waals surface area contributed by atoms with Gasteiger partial charge in [-0.25, -0.2) is 0 Å². The van der Waals surface area contributed by atoms with E-state index < -0.39 is 23.3 Å². The maximum absolute atomic E-state index is 12.6. The molecular weight excluding hydrogens is 374 g/mol. The minimum Gasteiger partial charge on any atom is -0.493 e. The molecule has 1 atom stereocenters. The average Bonchev–Trinajstić information content (AvgIpc) is 3.18. The van der Waals surface area contributed by atoms with E-state index >= 15 is 0 Å². The number of methoxy groups -OCH3 is 1. The summed E-state index contributed by atoms with van der Waals surface area (Å²) >= 11 is 0. The zero-order chi connectivity index (χ0) is 21.6. The van der Waals surface area contributed by atoms with Crippen LogP contribution in [0.25, 0.3) is 0 Å². The summed E-state index contributed by atoms with van der Waals surface area (Å²) in [6.45, 7) is 8.56. The molecule has 0 aromatic heterocycles. The second kappa shape index (κ2) is 9.62. The molecule has 29 heavy (non-hydrogen) atoms. The van der Waals surface area contributed by atoms with E-state index in [2.05, 4.69) is 10.9 Å². The highest BCUT2D eigenvalue weighted by Gasteiger charge is 2.38. The summed E-state index contributed by atoms with van der Waals surface area (Å²) in [4.78, 5) is 39.1. The normalized spacial score (nSPS) is 16.3. The molecule has 0 bridgehead atoms.